The van der Waals surface area contributed by atoms with Crippen molar-refractivity contribution < 1.29 is 22.7 Å². The van der Waals surface area contributed by atoms with Crippen molar-refractivity contribution in [3.63, 3.8) is 0 Å². The molecule has 0 unspecified atom stereocenters. The number of carbonyl (C=O) groups is 1. The monoisotopic (exact) mass is 468 g/mol. The Morgan fingerprint density at radius 1 is 1.26 bits per heavy atom. The van der Waals surface area contributed by atoms with Gasteiger partial charge in [0.15, 0.2) is 0 Å². The second kappa shape index (κ2) is 8.41. The molecule has 4 nitrogen and oxygen atoms in total. The number of hydrogen-bond donors (Lipinski definition) is 1. The van der Waals surface area contributed by atoms with Crippen LogP contribution in [-0.2, 0) is 16.3 Å². The molecular formula is C22H20ClF3N2O2S. The fraction of sp³-hybridized carbons (Fsp3) is 0.364. The number of pyridine rings is 1. The van der Waals surface area contributed by atoms with Gasteiger partial charge in [-0.1, -0.05) is 23.7 Å². The van der Waals surface area contributed by atoms with Gasteiger partial charge in [0.25, 0.3) is 5.91 Å². The van der Waals surface area contributed by atoms with Crippen LogP contribution < -0.4 is 5.32 Å². The van der Waals surface area contributed by atoms with E-state index in [0.717, 1.165) is 35.8 Å². The molecular weight excluding hydrogens is 449 g/mol. The lowest BCUT2D eigenvalue weighted by atomic mass is 9.74. The molecule has 0 radical (unpaired) electrons. The maximum atomic E-state index is 13.0. The molecule has 1 fully saturated rings. The maximum Gasteiger partial charge on any atom is 0.433 e. The molecule has 0 atom stereocenters. The summed E-state index contributed by atoms with van der Waals surface area (Å²) in [5, 5.41) is 4.18. The van der Waals surface area contributed by atoms with Crippen molar-refractivity contribution in [3.05, 3.63) is 63.1 Å². The third-order valence-corrected chi connectivity index (χ3v) is 7.21. The van der Waals surface area contributed by atoms with E-state index in [2.05, 4.69) is 10.3 Å². The summed E-state index contributed by atoms with van der Waals surface area (Å²) < 4.78 is 44.5. The van der Waals surface area contributed by atoms with Crippen LogP contribution in [-0.4, -0.2) is 30.6 Å². The summed E-state index contributed by atoms with van der Waals surface area (Å²) in [6.07, 6.45) is -3.06. The Morgan fingerprint density at radius 2 is 2.00 bits per heavy atom. The minimum Gasteiger partial charge on any atom is -0.381 e. The second-order valence-electron chi connectivity index (χ2n) is 7.69. The number of halogens is 4. The fourth-order valence-corrected chi connectivity index (χ4v) is 5.24. The van der Waals surface area contributed by atoms with Crippen LogP contribution in [0.15, 0.2) is 36.4 Å². The van der Waals surface area contributed by atoms with Gasteiger partial charge in [-0.15, -0.1) is 11.3 Å². The predicted octanol–water partition coefficient (Wildman–Crippen LogP) is 5.76. The first-order valence-corrected chi connectivity index (χ1v) is 11.0. The van der Waals surface area contributed by atoms with Gasteiger partial charge in [0.05, 0.1) is 4.88 Å². The Hall–Kier alpha value is -2.16. The van der Waals surface area contributed by atoms with Gasteiger partial charge >= 0.3 is 6.18 Å². The van der Waals surface area contributed by atoms with E-state index in [1.165, 1.54) is 6.07 Å². The Kier molecular flexibility index (Phi) is 5.98. The highest BCUT2D eigenvalue weighted by Crippen LogP contribution is 2.37. The summed E-state index contributed by atoms with van der Waals surface area (Å²) in [7, 11) is 0. The molecule has 1 aromatic carbocycles. The molecule has 1 N–H and O–H groups in total. The van der Waals surface area contributed by atoms with E-state index >= 15 is 0 Å². The highest BCUT2D eigenvalue weighted by Gasteiger charge is 2.36. The summed E-state index contributed by atoms with van der Waals surface area (Å²) in [6, 6.07) is 9.92. The largest absolute Gasteiger partial charge is 0.433 e. The van der Waals surface area contributed by atoms with E-state index in [4.69, 9.17) is 16.3 Å². The van der Waals surface area contributed by atoms with Gasteiger partial charge in [-0.05, 0) is 55.2 Å². The molecule has 3 aromatic rings. The SMILES string of the molecule is Cc1c(C(=O)NCC2(c3cccc(Cl)c3)CCOCC2)sc2nc(C(F)(F)F)ccc12. The molecule has 0 bridgehead atoms. The van der Waals surface area contributed by atoms with Crippen molar-refractivity contribution in [2.24, 2.45) is 0 Å². The fourth-order valence-electron chi connectivity index (χ4n) is 3.95. The molecule has 31 heavy (non-hydrogen) atoms. The second-order valence-corrected chi connectivity index (χ2v) is 9.12. The molecule has 2 aromatic heterocycles. The van der Waals surface area contributed by atoms with Crippen LogP contribution in [0.5, 0.6) is 0 Å². The lowest BCUT2D eigenvalue weighted by Crippen LogP contribution is -2.44. The molecule has 4 rings (SSSR count). The maximum absolute atomic E-state index is 13.0. The number of carbonyl (C=O) groups excluding carboxylic acids is 1. The van der Waals surface area contributed by atoms with Gasteiger partial charge in [-0.3, -0.25) is 4.79 Å². The van der Waals surface area contributed by atoms with Gasteiger partial charge in [0.1, 0.15) is 10.5 Å². The van der Waals surface area contributed by atoms with Gasteiger partial charge in [-0.25, -0.2) is 4.98 Å². The van der Waals surface area contributed by atoms with Crippen LogP contribution in [0.25, 0.3) is 10.2 Å². The molecule has 1 aliphatic heterocycles. The van der Waals surface area contributed by atoms with E-state index in [1.54, 1.807) is 13.0 Å². The third kappa shape index (κ3) is 4.42. The van der Waals surface area contributed by atoms with Crippen LogP contribution in [0.2, 0.25) is 5.02 Å². The molecule has 1 amide bonds. The Balaban J connectivity index is 1.59. The number of alkyl halides is 3. The average Bonchev–Trinajstić information content (AvgIpc) is 3.08. The van der Waals surface area contributed by atoms with Gasteiger partial charge in [0.2, 0.25) is 0 Å². The number of benzene rings is 1. The predicted molar refractivity (Wildman–Crippen MR) is 115 cm³/mol. The number of aryl methyl sites for hydroxylation is 1. The average molecular weight is 469 g/mol. The molecule has 0 saturated carbocycles. The van der Waals surface area contributed by atoms with E-state index in [-0.39, 0.29) is 16.2 Å². The summed E-state index contributed by atoms with van der Waals surface area (Å²) in [6.45, 7) is 3.26. The van der Waals surface area contributed by atoms with E-state index < -0.39 is 11.9 Å². The molecule has 1 aliphatic rings. The topological polar surface area (TPSA) is 51.2 Å². The summed E-state index contributed by atoms with van der Waals surface area (Å²) in [4.78, 5) is 17.3. The molecule has 0 aliphatic carbocycles. The van der Waals surface area contributed by atoms with Gasteiger partial charge < -0.3 is 10.1 Å². The van der Waals surface area contributed by atoms with Crippen LogP contribution in [0.3, 0.4) is 0 Å². The Bertz CT molecular complexity index is 1120. The van der Waals surface area contributed by atoms with Gasteiger partial charge in [0, 0.05) is 35.6 Å². The number of amides is 1. The number of fused-ring (bicyclic) bond motifs is 1. The highest BCUT2D eigenvalue weighted by atomic mass is 35.5. The quantitative estimate of drug-likeness (QED) is 0.530. The normalized spacial score (nSPS) is 16.4. The molecule has 9 heteroatoms. The van der Waals surface area contributed by atoms with Crippen molar-refractivity contribution in [1.29, 1.82) is 0 Å². The van der Waals surface area contributed by atoms with Crippen molar-refractivity contribution in [2.75, 3.05) is 19.8 Å². The first kappa shape index (κ1) is 22.0. The number of nitrogens with zero attached hydrogens (tertiary/aromatic N) is 1. The summed E-state index contributed by atoms with van der Waals surface area (Å²) >= 11 is 7.17. The first-order valence-electron chi connectivity index (χ1n) is 9.79. The summed E-state index contributed by atoms with van der Waals surface area (Å²) in [5.41, 5.74) is 0.386. The molecule has 1 saturated heterocycles. The minimum atomic E-state index is -4.53. The van der Waals surface area contributed by atoms with Crippen molar-refractivity contribution in [3.8, 4) is 0 Å². The first-order chi connectivity index (χ1) is 14.7. The van der Waals surface area contributed by atoms with Crippen molar-refractivity contribution in [2.45, 2.75) is 31.4 Å². The van der Waals surface area contributed by atoms with Crippen LogP contribution in [0.4, 0.5) is 13.2 Å². The lowest BCUT2D eigenvalue weighted by Gasteiger charge is -2.38. The number of rotatable bonds is 4. The van der Waals surface area contributed by atoms with Crippen molar-refractivity contribution in [1.82, 2.24) is 10.3 Å². The third-order valence-electron chi connectivity index (χ3n) is 5.77. The van der Waals surface area contributed by atoms with E-state index in [0.29, 0.717) is 40.6 Å². The highest BCUT2D eigenvalue weighted by molar-refractivity contribution is 7.20. The van der Waals surface area contributed by atoms with Crippen LogP contribution in [0, 0.1) is 6.92 Å². The standard InChI is InChI=1S/C22H20ClF3N2O2S/c1-13-16-5-6-17(22(24,25)26)28-20(16)31-18(13)19(29)27-12-21(7-9-30-10-8-21)14-3-2-4-15(23)11-14/h2-6,11H,7-10,12H2,1H3,(H,27,29). The zero-order chi connectivity index (χ0) is 22.2. The Labute approximate surface area is 186 Å². The lowest BCUT2D eigenvalue weighted by molar-refractivity contribution is -0.140. The number of thiophene rings is 1. The number of nitrogens with one attached hydrogen (secondary N) is 1. The minimum absolute atomic E-state index is 0.202. The zero-order valence-corrected chi connectivity index (χ0v) is 18.3. The molecule has 3 heterocycles. The number of ether oxygens (including phenoxy) is 1. The van der Waals surface area contributed by atoms with Crippen LogP contribution in [0.1, 0.15) is 39.3 Å². The molecule has 0 spiro atoms. The number of aromatic nitrogens is 1. The summed E-state index contributed by atoms with van der Waals surface area (Å²) in [5.74, 6) is -0.318. The van der Waals surface area contributed by atoms with Gasteiger partial charge in [-0.2, -0.15) is 13.2 Å². The van der Waals surface area contributed by atoms with Crippen LogP contribution >= 0.6 is 22.9 Å². The number of hydrogen-bond acceptors (Lipinski definition) is 4. The van der Waals surface area contributed by atoms with Crippen molar-refractivity contribution >= 4 is 39.1 Å². The van der Waals surface area contributed by atoms with E-state index in [1.807, 2.05) is 18.2 Å². The molecule has 164 valence electrons. The Morgan fingerprint density at radius 3 is 2.68 bits per heavy atom. The smallest absolute Gasteiger partial charge is 0.381 e. The zero-order valence-electron chi connectivity index (χ0n) is 16.7. The van der Waals surface area contributed by atoms with E-state index in [9.17, 15) is 18.0 Å².